The average molecular weight is 382 g/mol. The number of hydrogen-bond acceptors (Lipinski definition) is 7. The third-order valence-corrected chi connectivity index (χ3v) is 4.42. The number of nitrogens with zero attached hydrogens (tertiary/aromatic N) is 1. The van der Waals surface area contributed by atoms with Crippen LogP contribution in [0.25, 0.3) is 10.9 Å². The van der Waals surface area contributed by atoms with E-state index in [-0.39, 0.29) is 23.9 Å². The number of nitro benzene ring substituents is 1. The van der Waals surface area contributed by atoms with Crippen molar-refractivity contribution in [3.05, 3.63) is 63.8 Å². The minimum atomic E-state index is -1.14. The van der Waals surface area contributed by atoms with Crippen molar-refractivity contribution in [2.45, 2.75) is 13.0 Å². The zero-order valence-electron chi connectivity index (χ0n) is 14.6. The Morgan fingerprint density at radius 3 is 2.64 bits per heavy atom. The number of ether oxygens (including phenoxy) is 3. The third kappa shape index (κ3) is 2.92. The van der Waals surface area contributed by atoms with Gasteiger partial charge in [-0.05, 0) is 13.0 Å². The standard InChI is InChI=1S/C19H14N2O7/c1-10(18(22)13-8-20-14-5-3-2-4-11(13)14)28-19(23)12-6-16-17(27-9-26-16)7-15(12)21(24)25/h2-8,10,20H,9H2,1H3. The van der Waals surface area contributed by atoms with Crippen molar-refractivity contribution in [3.63, 3.8) is 0 Å². The Labute approximate surface area is 158 Å². The number of carbonyl (C=O) groups is 2. The smallest absolute Gasteiger partial charge is 0.346 e. The maximum atomic E-state index is 12.7. The molecular weight excluding hydrogens is 368 g/mol. The van der Waals surface area contributed by atoms with Gasteiger partial charge in [0, 0.05) is 28.7 Å². The van der Waals surface area contributed by atoms with Gasteiger partial charge in [-0.25, -0.2) is 4.79 Å². The molecule has 9 heteroatoms. The van der Waals surface area contributed by atoms with E-state index in [4.69, 9.17) is 14.2 Å². The van der Waals surface area contributed by atoms with Crippen molar-refractivity contribution in [1.29, 1.82) is 0 Å². The van der Waals surface area contributed by atoms with Crippen molar-refractivity contribution in [3.8, 4) is 11.5 Å². The molecule has 0 saturated heterocycles. The first kappa shape index (κ1) is 17.5. The van der Waals surface area contributed by atoms with E-state index in [0.717, 1.165) is 11.6 Å². The number of rotatable bonds is 5. The van der Waals surface area contributed by atoms with E-state index in [2.05, 4.69) is 4.98 Å². The Morgan fingerprint density at radius 1 is 1.18 bits per heavy atom. The summed E-state index contributed by atoms with van der Waals surface area (Å²) >= 11 is 0. The minimum Gasteiger partial charge on any atom is -0.454 e. The van der Waals surface area contributed by atoms with E-state index in [1.165, 1.54) is 13.0 Å². The summed E-state index contributed by atoms with van der Waals surface area (Å²) in [4.78, 5) is 38.8. The van der Waals surface area contributed by atoms with Crippen molar-refractivity contribution >= 4 is 28.3 Å². The number of aromatic amines is 1. The van der Waals surface area contributed by atoms with Gasteiger partial charge in [-0.15, -0.1) is 0 Å². The van der Waals surface area contributed by atoms with Crippen molar-refractivity contribution in [1.82, 2.24) is 4.98 Å². The van der Waals surface area contributed by atoms with Crippen molar-refractivity contribution < 1.29 is 28.7 Å². The van der Waals surface area contributed by atoms with E-state index in [9.17, 15) is 19.7 Å². The lowest BCUT2D eigenvalue weighted by atomic mass is 10.1. The number of benzene rings is 2. The van der Waals surface area contributed by atoms with Gasteiger partial charge in [0.1, 0.15) is 5.56 Å². The second-order valence-corrected chi connectivity index (χ2v) is 6.14. The number of nitro groups is 1. The van der Waals surface area contributed by atoms with Crippen LogP contribution < -0.4 is 9.47 Å². The van der Waals surface area contributed by atoms with Crippen LogP contribution in [0.15, 0.2) is 42.6 Å². The summed E-state index contributed by atoms with van der Waals surface area (Å²) in [6.45, 7) is 1.32. The highest BCUT2D eigenvalue weighted by Gasteiger charge is 2.30. The predicted molar refractivity (Wildman–Crippen MR) is 96.7 cm³/mol. The molecule has 4 rings (SSSR count). The number of ketones is 1. The summed E-state index contributed by atoms with van der Waals surface area (Å²) in [5.74, 6) is -1.04. The highest BCUT2D eigenvalue weighted by Crippen LogP contribution is 2.38. The highest BCUT2D eigenvalue weighted by atomic mass is 16.7. The first-order chi connectivity index (χ1) is 13.5. The number of H-pyrrole nitrogens is 1. The number of carbonyl (C=O) groups excluding carboxylic acids is 2. The Kier molecular flexibility index (Phi) is 4.19. The highest BCUT2D eigenvalue weighted by molar-refractivity contribution is 6.10. The first-order valence-electron chi connectivity index (χ1n) is 8.35. The van der Waals surface area contributed by atoms with Gasteiger partial charge in [0.15, 0.2) is 17.6 Å². The van der Waals surface area contributed by atoms with Crippen molar-refractivity contribution in [2.24, 2.45) is 0 Å². The van der Waals surface area contributed by atoms with Crippen LogP contribution in [0.1, 0.15) is 27.6 Å². The lowest BCUT2D eigenvalue weighted by molar-refractivity contribution is -0.385. The predicted octanol–water partition coefficient (Wildman–Crippen LogP) is 3.23. The zero-order chi connectivity index (χ0) is 19.8. The van der Waals surface area contributed by atoms with Gasteiger partial charge in [-0.3, -0.25) is 14.9 Å². The second-order valence-electron chi connectivity index (χ2n) is 6.14. The van der Waals surface area contributed by atoms with Crippen LogP contribution in [0.3, 0.4) is 0 Å². The lowest BCUT2D eigenvalue weighted by Gasteiger charge is -2.12. The van der Waals surface area contributed by atoms with Crippen LogP contribution in [0, 0.1) is 10.1 Å². The van der Waals surface area contributed by atoms with Crippen molar-refractivity contribution in [2.75, 3.05) is 6.79 Å². The molecule has 0 aliphatic carbocycles. The van der Waals surface area contributed by atoms with E-state index in [1.807, 2.05) is 12.1 Å². The molecule has 0 spiro atoms. The Hall–Kier alpha value is -3.88. The van der Waals surface area contributed by atoms with Crippen LogP contribution in [0.2, 0.25) is 0 Å². The van der Waals surface area contributed by atoms with E-state index in [0.29, 0.717) is 10.9 Å². The largest absolute Gasteiger partial charge is 0.454 e. The summed E-state index contributed by atoms with van der Waals surface area (Å²) in [7, 11) is 0. The van der Waals surface area contributed by atoms with Gasteiger partial charge in [0.05, 0.1) is 11.0 Å². The van der Waals surface area contributed by atoms with Gasteiger partial charge < -0.3 is 19.2 Å². The first-order valence-corrected chi connectivity index (χ1v) is 8.35. The Morgan fingerprint density at radius 2 is 1.89 bits per heavy atom. The SMILES string of the molecule is CC(OC(=O)c1cc2c(cc1[N+](=O)[O-])OCO2)C(=O)c1c[nH]c2ccccc12. The van der Waals surface area contributed by atoms with Crippen LogP contribution in [-0.4, -0.2) is 34.6 Å². The summed E-state index contributed by atoms with van der Waals surface area (Å²) in [5, 5.41) is 12.0. The maximum absolute atomic E-state index is 12.7. The molecule has 0 bridgehead atoms. The van der Waals surface area contributed by atoms with Crippen LogP contribution >= 0.6 is 0 Å². The fourth-order valence-electron chi connectivity index (χ4n) is 3.02. The number of esters is 1. The fourth-order valence-corrected chi connectivity index (χ4v) is 3.02. The molecule has 1 aromatic heterocycles. The van der Waals surface area contributed by atoms with Gasteiger partial charge in [-0.2, -0.15) is 0 Å². The van der Waals surface area contributed by atoms with Crippen LogP contribution in [-0.2, 0) is 4.74 Å². The van der Waals surface area contributed by atoms with Gasteiger partial charge in [0.25, 0.3) is 5.69 Å². The zero-order valence-corrected chi connectivity index (χ0v) is 14.6. The van der Waals surface area contributed by atoms with Gasteiger partial charge in [0.2, 0.25) is 12.6 Å². The molecule has 0 radical (unpaired) electrons. The van der Waals surface area contributed by atoms with Gasteiger partial charge in [-0.1, -0.05) is 18.2 Å². The van der Waals surface area contributed by atoms with Gasteiger partial charge >= 0.3 is 5.97 Å². The molecule has 9 nitrogen and oxygen atoms in total. The lowest BCUT2D eigenvalue weighted by Crippen LogP contribution is -2.24. The summed E-state index contributed by atoms with van der Waals surface area (Å²) in [6, 6.07) is 9.50. The second kappa shape index (κ2) is 6.69. The summed E-state index contributed by atoms with van der Waals surface area (Å²) in [6.07, 6.45) is 0.400. The number of aromatic nitrogens is 1. The molecule has 2 heterocycles. The van der Waals surface area contributed by atoms with Crippen LogP contribution in [0.5, 0.6) is 11.5 Å². The average Bonchev–Trinajstić information content (AvgIpc) is 3.32. The number of Topliss-reactive ketones (excluding diaryl/α,β-unsaturated/α-hetero) is 1. The van der Waals surface area contributed by atoms with E-state index >= 15 is 0 Å². The molecule has 3 aromatic rings. The molecule has 0 fully saturated rings. The Bertz CT molecular complexity index is 1120. The maximum Gasteiger partial charge on any atom is 0.346 e. The minimum absolute atomic E-state index is 0.0968. The number of fused-ring (bicyclic) bond motifs is 2. The molecule has 0 saturated carbocycles. The number of nitrogens with one attached hydrogen (secondary N) is 1. The number of para-hydroxylation sites is 1. The molecule has 1 unspecified atom stereocenters. The molecule has 1 aliphatic heterocycles. The monoisotopic (exact) mass is 382 g/mol. The van der Waals surface area contributed by atoms with Crippen LogP contribution in [0.4, 0.5) is 5.69 Å². The molecule has 1 aliphatic rings. The molecule has 1 atom stereocenters. The molecule has 0 amide bonds. The summed E-state index contributed by atoms with van der Waals surface area (Å²) < 4.78 is 15.5. The normalized spacial score (nSPS) is 13.3. The third-order valence-electron chi connectivity index (χ3n) is 4.42. The fraction of sp³-hybridized carbons (Fsp3) is 0.158. The topological polar surface area (TPSA) is 121 Å². The quantitative estimate of drug-likeness (QED) is 0.311. The molecule has 2 aromatic carbocycles. The molecular formula is C19H14N2O7. The molecule has 1 N–H and O–H groups in total. The molecule has 28 heavy (non-hydrogen) atoms. The number of hydrogen-bond donors (Lipinski definition) is 1. The van der Waals surface area contributed by atoms with E-state index < -0.39 is 28.5 Å². The molecule has 142 valence electrons. The van der Waals surface area contributed by atoms with E-state index in [1.54, 1.807) is 18.3 Å². The Balaban J connectivity index is 1.60. The summed E-state index contributed by atoms with van der Waals surface area (Å²) in [5.41, 5.74) is 0.348.